The minimum Gasteiger partial charge on any atom is -0.481 e. The first-order valence-corrected chi connectivity index (χ1v) is 6.32. The molecule has 7 heteroatoms. The van der Waals surface area contributed by atoms with Gasteiger partial charge in [-0.05, 0) is 20.8 Å². The van der Waals surface area contributed by atoms with E-state index < -0.39 is 17.9 Å². The van der Waals surface area contributed by atoms with Crippen LogP contribution in [-0.2, 0) is 9.59 Å². The van der Waals surface area contributed by atoms with Gasteiger partial charge in [-0.15, -0.1) is 0 Å². The summed E-state index contributed by atoms with van der Waals surface area (Å²) in [6.45, 7) is 7.30. The molecule has 0 aromatic rings. The van der Waals surface area contributed by atoms with Crippen molar-refractivity contribution in [2.24, 2.45) is 5.92 Å². The molecule has 0 radical (unpaired) electrons. The Hall–Kier alpha value is -1.79. The lowest BCUT2D eigenvalue weighted by atomic mass is 10.2. The third-order valence-electron chi connectivity index (χ3n) is 2.43. The van der Waals surface area contributed by atoms with E-state index >= 15 is 0 Å². The number of carbonyl (C=O) groups excluding carboxylic acids is 2. The molecule has 0 aromatic heterocycles. The summed E-state index contributed by atoms with van der Waals surface area (Å²) >= 11 is 0. The van der Waals surface area contributed by atoms with Gasteiger partial charge in [0.15, 0.2) is 0 Å². The van der Waals surface area contributed by atoms with Crippen LogP contribution in [0.15, 0.2) is 0 Å². The van der Waals surface area contributed by atoms with E-state index in [0.717, 1.165) is 0 Å². The maximum absolute atomic E-state index is 11.8. The fraction of sp³-hybridized carbons (Fsp3) is 0.750. The van der Waals surface area contributed by atoms with Gasteiger partial charge < -0.3 is 20.6 Å². The number of nitrogens with one attached hydrogen (secondary N) is 2. The Morgan fingerprint density at radius 2 is 1.79 bits per heavy atom. The number of rotatable bonds is 7. The zero-order valence-corrected chi connectivity index (χ0v) is 11.9. The predicted molar refractivity (Wildman–Crippen MR) is 70.7 cm³/mol. The fourth-order valence-electron chi connectivity index (χ4n) is 1.31. The first-order valence-electron chi connectivity index (χ1n) is 6.32. The Kier molecular flexibility index (Phi) is 7.55. The van der Waals surface area contributed by atoms with Crippen molar-refractivity contribution < 1.29 is 19.5 Å². The molecule has 0 aromatic carbocycles. The Labute approximate surface area is 113 Å². The van der Waals surface area contributed by atoms with Crippen LogP contribution in [0.5, 0.6) is 0 Å². The van der Waals surface area contributed by atoms with Crippen molar-refractivity contribution in [3.63, 3.8) is 0 Å². The van der Waals surface area contributed by atoms with Crippen LogP contribution in [0, 0.1) is 5.92 Å². The van der Waals surface area contributed by atoms with Gasteiger partial charge in [-0.25, -0.2) is 4.79 Å². The van der Waals surface area contributed by atoms with Gasteiger partial charge in [-0.1, -0.05) is 6.92 Å². The quantitative estimate of drug-likeness (QED) is 0.619. The van der Waals surface area contributed by atoms with E-state index in [2.05, 4.69) is 10.6 Å². The number of urea groups is 1. The molecule has 0 bridgehead atoms. The summed E-state index contributed by atoms with van der Waals surface area (Å²) in [5.41, 5.74) is 0. The van der Waals surface area contributed by atoms with E-state index in [1.165, 1.54) is 11.8 Å². The first kappa shape index (κ1) is 17.2. The number of carbonyl (C=O) groups is 3. The molecule has 3 amide bonds. The maximum atomic E-state index is 11.8. The zero-order valence-electron chi connectivity index (χ0n) is 11.9. The van der Waals surface area contributed by atoms with Crippen LogP contribution in [-0.4, -0.2) is 53.6 Å². The lowest BCUT2D eigenvalue weighted by Crippen LogP contribution is -2.47. The summed E-state index contributed by atoms with van der Waals surface area (Å²) in [7, 11) is 0. The molecule has 0 heterocycles. The van der Waals surface area contributed by atoms with Crippen LogP contribution in [0.4, 0.5) is 4.79 Å². The van der Waals surface area contributed by atoms with Crippen LogP contribution >= 0.6 is 0 Å². The molecule has 0 saturated heterocycles. The summed E-state index contributed by atoms with van der Waals surface area (Å²) in [6, 6.07) is -0.421. The molecular formula is C12H23N3O4. The number of carboxylic acid groups (broad SMARTS) is 1. The Balaban J connectivity index is 4.25. The second-order valence-corrected chi connectivity index (χ2v) is 4.66. The molecule has 1 unspecified atom stereocenters. The number of likely N-dealkylation sites (N-methyl/N-ethyl adjacent to an activating group) is 1. The SMILES string of the molecule is CCN(CC(=O)NC(C)C)C(=O)NCC(C)C(=O)O. The second kappa shape index (κ2) is 8.34. The van der Waals surface area contributed by atoms with Gasteiger partial charge in [0, 0.05) is 19.1 Å². The van der Waals surface area contributed by atoms with Gasteiger partial charge in [0.2, 0.25) is 5.91 Å². The molecule has 0 spiro atoms. The number of amides is 3. The number of carboxylic acids is 1. The van der Waals surface area contributed by atoms with Crippen LogP contribution in [0.3, 0.4) is 0 Å². The minimum absolute atomic E-state index is 0.0151. The van der Waals surface area contributed by atoms with Crippen molar-refractivity contribution in [3.8, 4) is 0 Å². The summed E-state index contributed by atoms with van der Waals surface area (Å²) < 4.78 is 0. The molecule has 0 aliphatic rings. The van der Waals surface area contributed by atoms with E-state index in [0.29, 0.717) is 6.54 Å². The molecule has 0 saturated carbocycles. The highest BCUT2D eigenvalue weighted by Crippen LogP contribution is 1.95. The standard InChI is InChI=1S/C12H23N3O4/c1-5-15(7-10(16)14-8(2)3)12(19)13-6-9(4)11(17)18/h8-9H,5-7H2,1-4H3,(H,13,19)(H,14,16)(H,17,18). The third kappa shape index (κ3) is 7.28. The molecule has 110 valence electrons. The molecule has 0 fully saturated rings. The maximum Gasteiger partial charge on any atom is 0.317 e. The van der Waals surface area contributed by atoms with Crippen molar-refractivity contribution in [1.82, 2.24) is 15.5 Å². The van der Waals surface area contributed by atoms with Gasteiger partial charge in [0.1, 0.15) is 6.54 Å². The minimum atomic E-state index is -0.971. The van der Waals surface area contributed by atoms with Crippen LogP contribution in [0.1, 0.15) is 27.7 Å². The molecule has 19 heavy (non-hydrogen) atoms. The van der Waals surface area contributed by atoms with Gasteiger partial charge >= 0.3 is 12.0 Å². The number of aliphatic carboxylic acids is 1. The van der Waals surface area contributed by atoms with E-state index in [9.17, 15) is 14.4 Å². The van der Waals surface area contributed by atoms with E-state index in [1.807, 2.05) is 13.8 Å². The van der Waals surface area contributed by atoms with Crippen LogP contribution in [0.25, 0.3) is 0 Å². The van der Waals surface area contributed by atoms with Crippen molar-refractivity contribution in [2.45, 2.75) is 33.7 Å². The average molecular weight is 273 g/mol. The smallest absolute Gasteiger partial charge is 0.317 e. The topological polar surface area (TPSA) is 98.7 Å². The highest BCUT2D eigenvalue weighted by atomic mass is 16.4. The average Bonchev–Trinajstić information content (AvgIpc) is 2.31. The normalized spacial score (nSPS) is 11.8. The van der Waals surface area contributed by atoms with E-state index in [-0.39, 0.29) is 25.0 Å². The lowest BCUT2D eigenvalue weighted by Gasteiger charge is -2.22. The summed E-state index contributed by atoms with van der Waals surface area (Å²) in [5.74, 6) is -1.87. The molecule has 7 nitrogen and oxygen atoms in total. The molecule has 0 aliphatic carbocycles. The molecule has 1 atom stereocenters. The Morgan fingerprint density at radius 1 is 1.21 bits per heavy atom. The third-order valence-corrected chi connectivity index (χ3v) is 2.43. The van der Waals surface area contributed by atoms with Crippen molar-refractivity contribution in [3.05, 3.63) is 0 Å². The summed E-state index contributed by atoms with van der Waals surface area (Å²) in [4.78, 5) is 35.3. The van der Waals surface area contributed by atoms with E-state index in [4.69, 9.17) is 5.11 Å². The molecule has 3 N–H and O–H groups in total. The zero-order chi connectivity index (χ0) is 15.0. The monoisotopic (exact) mass is 273 g/mol. The summed E-state index contributed by atoms with van der Waals surface area (Å²) in [6.07, 6.45) is 0. The van der Waals surface area contributed by atoms with Gasteiger partial charge in [-0.2, -0.15) is 0 Å². The van der Waals surface area contributed by atoms with Crippen molar-refractivity contribution in [2.75, 3.05) is 19.6 Å². The molecule has 0 rings (SSSR count). The fourth-order valence-corrected chi connectivity index (χ4v) is 1.31. The highest BCUT2D eigenvalue weighted by molar-refractivity contribution is 5.84. The van der Waals surface area contributed by atoms with Crippen LogP contribution in [0.2, 0.25) is 0 Å². The number of nitrogens with zero attached hydrogens (tertiary/aromatic N) is 1. The van der Waals surface area contributed by atoms with Gasteiger partial charge in [0.05, 0.1) is 5.92 Å². The predicted octanol–water partition coefficient (Wildman–Crippen LogP) is 0.263. The molecule has 0 aliphatic heterocycles. The van der Waals surface area contributed by atoms with E-state index in [1.54, 1.807) is 6.92 Å². The Bertz CT molecular complexity index is 331. The van der Waals surface area contributed by atoms with Crippen molar-refractivity contribution >= 4 is 17.9 Å². The van der Waals surface area contributed by atoms with Gasteiger partial charge in [0.25, 0.3) is 0 Å². The Morgan fingerprint density at radius 3 is 2.21 bits per heavy atom. The molecular weight excluding hydrogens is 250 g/mol. The number of hydrogen-bond donors (Lipinski definition) is 3. The highest BCUT2D eigenvalue weighted by Gasteiger charge is 2.18. The lowest BCUT2D eigenvalue weighted by molar-refractivity contribution is -0.140. The summed E-state index contributed by atoms with van der Waals surface area (Å²) in [5, 5.41) is 13.9. The largest absolute Gasteiger partial charge is 0.481 e. The second-order valence-electron chi connectivity index (χ2n) is 4.66. The number of hydrogen-bond acceptors (Lipinski definition) is 3. The van der Waals surface area contributed by atoms with Crippen molar-refractivity contribution in [1.29, 1.82) is 0 Å². The van der Waals surface area contributed by atoms with Gasteiger partial charge in [-0.3, -0.25) is 9.59 Å². The van der Waals surface area contributed by atoms with Crippen LogP contribution < -0.4 is 10.6 Å². The first-order chi connectivity index (χ1) is 8.77.